The van der Waals surface area contributed by atoms with Crippen molar-refractivity contribution < 1.29 is 33.7 Å². The number of rotatable bonds is 9. The summed E-state index contributed by atoms with van der Waals surface area (Å²) in [4.78, 5) is 37.5. The molecule has 1 N–H and O–H groups in total. The maximum absolute atomic E-state index is 12.6. The maximum Gasteiger partial charge on any atom is 0.351 e. The van der Waals surface area contributed by atoms with Gasteiger partial charge in [0.15, 0.2) is 6.10 Å². The summed E-state index contributed by atoms with van der Waals surface area (Å²) < 4.78 is 15.4. The molecule has 164 valence electrons. The van der Waals surface area contributed by atoms with E-state index in [1.165, 1.54) is 12.1 Å². The van der Waals surface area contributed by atoms with Gasteiger partial charge in [-0.1, -0.05) is 78.9 Å². The largest absolute Gasteiger partial charge is 0.459 e. The van der Waals surface area contributed by atoms with Crippen LogP contribution in [0.1, 0.15) is 21.5 Å². The van der Waals surface area contributed by atoms with Crippen LogP contribution in [0.25, 0.3) is 0 Å². The third-order valence-corrected chi connectivity index (χ3v) is 4.45. The molecule has 7 nitrogen and oxygen atoms in total. The number of aliphatic hydroxyl groups is 1. The van der Waals surface area contributed by atoms with E-state index in [0.717, 1.165) is 0 Å². The summed E-state index contributed by atoms with van der Waals surface area (Å²) in [6, 6.07) is 25.5. The Morgan fingerprint density at radius 3 is 1.59 bits per heavy atom. The van der Waals surface area contributed by atoms with Crippen molar-refractivity contribution in [1.29, 1.82) is 0 Å². The van der Waals surface area contributed by atoms with Crippen molar-refractivity contribution in [2.75, 3.05) is 0 Å². The molecule has 2 atom stereocenters. The van der Waals surface area contributed by atoms with Gasteiger partial charge in [0.2, 0.25) is 6.10 Å². The first-order valence-electron chi connectivity index (χ1n) is 9.90. The molecule has 3 aromatic carbocycles. The normalized spacial score (nSPS) is 12.3. The van der Waals surface area contributed by atoms with Crippen molar-refractivity contribution in [3.63, 3.8) is 0 Å². The Bertz CT molecular complexity index is 1020. The van der Waals surface area contributed by atoms with Crippen LogP contribution >= 0.6 is 0 Å². The molecule has 0 aliphatic rings. The molecule has 0 saturated heterocycles. The average molecular weight is 434 g/mol. The number of hydrogen-bond donors (Lipinski definition) is 1. The van der Waals surface area contributed by atoms with E-state index in [4.69, 9.17) is 14.2 Å². The molecule has 32 heavy (non-hydrogen) atoms. The molecule has 0 spiro atoms. The van der Waals surface area contributed by atoms with Crippen LogP contribution < -0.4 is 0 Å². The van der Waals surface area contributed by atoms with Gasteiger partial charge in [-0.3, -0.25) is 0 Å². The topological polar surface area (TPSA) is 99.1 Å². The van der Waals surface area contributed by atoms with E-state index < -0.39 is 30.1 Å². The van der Waals surface area contributed by atoms with Gasteiger partial charge in [-0.15, -0.1) is 0 Å². The number of esters is 3. The van der Waals surface area contributed by atoms with Crippen LogP contribution in [0.5, 0.6) is 0 Å². The van der Waals surface area contributed by atoms with Crippen molar-refractivity contribution in [3.8, 4) is 0 Å². The van der Waals surface area contributed by atoms with Crippen molar-refractivity contribution >= 4 is 17.9 Å². The van der Waals surface area contributed by atoms with E-state index in [0.29, 0.717) is 11.1 Å². The van der Waals surface area contributed by atoms with Gasteiger partial charge < -0.3 is 19.3 Å². The predicted molar refractivity (Wildman–Crippen MR) is 114 cm³/mol. The Kier molecular flexibility index (Phi) is 8.11. The molecule has 3 rings (SSSR count). The van der Waals surface area contributed by atoms with Gasteiger partial charge in [0.25, 0.3) is 0 Å². The van der Waals surface area contributed by atoms with Crippen molar-refractivity contribution in [2.45, 2.75) is 25.4 Å². The Balaban J connectivity index is 1.69. The van der Waals surface area contributed by atoms with E-state index in [1.807, 2.05) is 12.1 Å². The molecule has 0 amide bonds. The molecule has 0 aliphatic carbocycles. The summed E-state index contributed by atoms with van der Waals surface area (Å²) in [5.41, 5.74) is 1.53. The second kappa shape index (κ2) is 11.4. The predicted octanol–water partition coefficient (Wildman–Crippen LogP) is 3.06. The summed E-state index contributed by atoms with van der Waals surface area (Å²) in [5.74, 6) is -3.07. The smallest absolute Gasteiger partial charge is 0.351 e. The summed E-state index contributed by atoms with van der Waals surface area (Å²) in [7, 11) is 0. The summed E-state index contributed by atoms with van der Waals surface area (Å²) in [5, 5.41) is 10.5. The lowest BCUT2D eigenvalue weighted by molar-refractivity contribution is -0.175. The zero-order valence-electron chi connectivity index (χ0n) is 17.1. The third-order valence-electron chi connectivity index (χ3n) is 4.45. The minimum atomic E-state index is -2.06. The first-order chi connectivity index (χ1) is 15.5. The van der Waals surface area contributed by atoms with E-state index in [-0.39, 0.29) is 18.8 Å². The molecule has 0 aliphatic heterocycles. The zero-order chi connectivity index (χ0) is 22.8. The van der Waals surface area contributed by atoms with Crippen LogP contribution in [0, 0.1) is 0 Å². The summed E-state index contributed by atoms with van der Waals surface area (Å²) in [6.45, 7) is -0.236. The zero-order valence-corrected chi connectivity index (χ0v) is 17.1. The van der Waals surface area contributed by atoms with Crippen LogP contribution in [0.3, 0.4) is 0 Å². The summed E-state index contributed by atoms with van der Waals surface area (Å²) in [6.07, 6.45) is -3.95. The van der Waals surface area contributed by atoms with Crippen molar-refractivity contribution in [2.24, 2.45) is 0 Å². The quantitative estimate of drug-likeness (QED) is 0.408. The highest BCUT2D eigenvalue weighted by molar-refractivity contribution is 5.93. The SMILES string of the molecule is O=C(O[C@@H](C(=O)OCc1ccccc1)[C@H](O)C(=O)OCc1ccccc1)c1ccccc1. The standard InChI is InChI=1S/C25H22O7/c26-21(24(28)30-16-18-10-4-1-5-11-18)22(32-23(27)20-14-8-3-9-15-20)25(29)31-17-19-12-6-2-7-13-19/h1-15,21-22,26H,16-17H2/t21-,22+/m0/s1. The van der Waals surface area contributed by atoms with Crippen LogP contribution in [0.4, 0.5) is 0 Å². The lowest BCUT2D eigenvalue weighted by Crippen LogP contribution is -2.44. The number of benzene rings is 3. The van der Waals surface area contributed by atoms with E-state index in [1.54, 1.807) is 66.7 Å². The fourth-order valence-corrected chi connectivity index (χ4v) is 2.75. The molecule has 7 heteroatoms. The molecule has 0 unspecified atom stereocenters. The van der Waals surface area contributed by atoms with Crippen LogP contribution in [0.15, 0.2) is 91.0 Å². The minimum Gasteiger partial charge on any atom is -0.459 e. The van der Waals surface area contributed by atoms with Gasteiger partial charge in [-0.25, -0.2) is 14.4 Å². The van der Waals surface area contributed by atoms with Gasteiger partial charge in [0.1, 0.15) is 13.2 Å². The number of aliphatic hydroxyl groups excluding tert-OH is 1. The minimum absolute atomic E-state index is 0.116. The fourth-order valence-electron chi connectivity index (χ4n) is 2.75. The highest BCUT2D eigenvalue weighted by Gasteiger charge is 2.38. The number of hydrogen-bond acceptors (Lipinski definition) is 7. The highest BCUT2D eigenvalue weighted by Crippen LogP contribution is 2.13. The Morgan fingerprint density at radius 2 is 1.09 bits per heavy atom. The highest BCUT2D eigenvalue weighted by atomic mass is 16.6. The first kappa shape index (κ1) is 22.7. The lowest BCUT2D eigenvalue weighted by atomic mass is 10.2. The molecule has 0 heterocycles. The Hall–Kier alpha value is -3.97. The average Bonchev–Trinajstić information content (AvgIpc) is 2.85. The molecule has 0 saturated carbocycles. The molecule has 0 fully saturated rings. The first-order valence-corrected chi connectivity index (χ1v) is 9.90. The van der Waals surface area contributed by atoms with Crippen molar-refractivity contribution in [3.05, 3.63) is 108 Å². The van der Waals surface area contributed by atoms with Crippen LogP contribution in [0.2, 0.25) is 0 Å². The maximum atomic E-state index is 12.6. The third kappa shape index (κ3) is 6.52. The lowest BCUT2D eigenvalue weighted by Gasteiger charge is -2.21. The second-order valence-corrected chi connectivity index (χ2v) is 6.82. The Morgan fingerprint density at radius 1 is 0.656 bits per heavy atom. The number of carbonyl (C=O) groups is 3. The van der Waals surface area contributed by atoms with Crippen LogP contribution in [-0.4, -0.2) is 35.2 Å². The second-order valence-electron chi connectivity index (χ2n) is 6.82. The van der Waals surface area contributed by atoms with Gasteiger partial charge in [0.05, 0.1) is 5.56 Å². The van der Waals surface area contributed by atoms with Gasteiger partial charge in [0, 0.05) is 0 Å². The molecule has 0 bridgehead atoms. The van der Waals surface area contributed by atoms with Gasteiger partial charge in [-0.2, -0.15) is 0 Å². The number of ether oxygens (including phenoxy) is 3. The molecule has 3 aromatic rings. The van der Waals surface area contributed by atoms with E-state index in [2.05, 4.69) is 0 Å². The molecule has 0 aromatic heterocycles. The van der Waals surface area contributed by atoms with Crippen LogP contribution in [-0.2, 0) is 37.0 Å². The monoisotopic (exact) mass is 434 g/mol. The Labute approximate surface area is 185 Å². The molecular weight excluding hydrogens is 412 g/mol. The molecular formula is C25H22O7. The van der Waals surface area contributed by atoms with E-state index in [9.17, 15) is 19.5 Å². The van der Waals surface area contributed by atoms with Gasteiger partial charge >= 0.3 is 17.9 Å². The van der Waals surface area contributed by atoms with Gasteiger partial charge in [-0.05, 0) is 23.3 Å². The number of carbonyl (C=O) groups excluding carboxylic acids is 3. The van der Waals surface area contributed by atoms with Crippen molar-refractivity contribution in [1.82, 2.24) is 0 Å². The van der Waals surface area contributed by atoms with E-state index >= 15 is 0 Å². The fraction of sp³-hybridized carbons (Fsp3) is 0.160. The summed E-state index contributed by atoms with van der Waals surface area (Å²) >= 11 is 0. The molecule has 0 radical (unpaired) electrons.